The van der Waals surface area contributed by atoms with Crippen molar-refractivity contribution in [1.82, 2.24) is 9.88 Å². The summed E-state index contributed by atoms with van der Waals surface area (Å²) in [6.45, 7) is 1.57. The fraction of sp³-hybridized carbons (Fsp3) is 0.273. The van der Waals surface area contributed by atoms with Gasteiger partial charge in [0.05, 0.1) is 0 Å². The van der Waals surface area contributed by atoms with Gasteiger partial charge in [-0.15, -0.1) is 0 Å². The number of nitrogens with zero attached hydrogens (tertiary/aromatic N) is 1. The highest BCUT2D eigenvalue weighted by Crippen LogP contribution is 2.32. The molecule has 2 heterocycles. The van der Waals surface area contributed by atoms with Gasteiger partial charge in [-0.1, -0.05) is 24.6 Å². The molecule has 1 fully saturated rings. The molecule has 0 bridgehead atoms. The Balaban J connectivity index is 1.65. The number of fused-ring (bicyclic) bond motifs is 1. The predicted molar refractivity (Wildman–Crippen MR) is 108 cm³/mol. The highest BCUT2D eigenvalue weighted by molar-refractivity contribution is 6.05. The SMILES string of the molecule is O=C(Nc1ccc2[nH]cc([C@@H](C(=O)O)N3CCCCC3)c2c1)c1ccccc1. The lowest BCUT2D eigenvalue weighted by molar-refractivity contribution is -0.144. The van der Waals surface area contributed by atoms with Crippen molar-refractivity contribution >= 4 is 28.5 Å². The maximum atomic E-state index is 12.4. The molecule has 0 saturated carbocycles. The van der Waals surface area contributed by atoms with E-state index in [1.807, 2.05) is 41.3 Å². The molecule has 144 valence electrons. The lowest BCUT2D eigenvalue weighted by Gasteiger charge is -2.31. The van der Waals surface area contributed by atoms with Crippen LogP contribution in [-0.4, -0.2) is 40.0 Å². The summed E-state index contributed by atoms with van der Waals surface area (Å²) in [5, 5.41) is 13.6. The first-order chi connectivity index (χ1) is 13.6. The Bertz CT molecular complexity index is 991. The van der Waals surface area contributed by atoms with Crippen molar-refractivity contribution in [1.29, 1.82) is 0 Å². The van der Waals surface area contributed by atoms with E-state index in [1.54, 1.807) is 18.3 Å². The zero-order valence-electron chi connectivity index (χ0n) is 15.5. The third-order valence-corrected chi connectivity index (χ3v) is 5.29. The second kappa shape index (κ2) is 7.86. The Morgan fingerprint density at radius 1 is 1.04 bits per heavy atom. The summed E-state index contributed by atoms with van der Waals surface area (Å²) in [6, 6.07) is 13.9. The first-order valence-electron chi connectivity index (χ1n) is 9.58. The van der Waals surface area contributed by atoms with Gasteiger partial charge >= 0.3 is 5.97 Å². The van der Waals surface area contributed by atoms with Crippen LogP contribution in [0, 0.1) is 0 Å². The molecule has 0 radical (unpaired) electrons. The molecular formula is C22H23N3O3. The maximum Gasteiger partial charge on any atom is 0.325 e. The Morgan fingerprint density at radius 2 is 1.79 bits per heavy atom. The number of likely N-dealkylation sites (tertiary alicyclic amines) is 1. The van der Waals surface area contributed by atoms with E-state index in [9.17, 15) is 14.7 Å². The fourth-order valence-corrected chi connectivity index (χ4v) is 3.90. The number of amides is 1. The monoisotopic (exact) mass is 377 g/mol. The van der Waals surface area contributed by atoms with Crippen LogP contribution in [0.25, 0.3) is 10.9 Å². The molecule has 6 heteroatoms. The smallest absolute Gasteiger partial charge is 0.325 e. The fourth-order valence-electron chi connectivity index (χ4n) is 3.90. The van der Waals surface area contributed by atoms with Crippen LogP contribution in [-0.2, 0) is 4.79 Å². The number of aromatic amines is 1. The zero-order chi connectivity index (χ0) is 19.5. The number of benzene rings is 2. The number of aromatic nitrogens is 1. The number of anilines is 1. The van der Waals surface area contributed by atoms with E-state index >= 15 is 0 Å². The number of aliphatic carboxylic acids is 1. The lowest BCUT2D eigenvalue weighted by atomic mass is 10.0. The highest BCUT2D eigenvalue weighted by atomic mass is 16.4. The largest absolute Gasteiger partial charge is 0.480 e. The Kier molecular flexibility index (Phi) is 5.12. The van der Waals surface area contributed by atoms with E-state index in [2.05, 4.69) is 10.3 Å². The molecule has 1 aliphatic heterocycles. The van der Waals surface area contributed by atoms with Crippen LogP contribution >= 0.6 is 0 Å². The third kappa shape index (κ3) is 3.64. The standard InChI is InChI=1S/C22H23N3O3/c26-21(15-7-3-1-4-8-15)24-16-9-10-19-17(13-16)18(14-23-19)20(22(27)28)25-11-5-2-6-12-25/h1,3-4,7-10,13-14,20,23H,2,5-6,11-12H2,(H,24,26)(H,27,28)/t20-/m0/s1. The number of nitrogens with one attached hydrogen (secondary N) is 2. The summed E-state index contributed by atoms with van der Waals surface area (Å²) in [6.07, 6.45) is 4.96. The second-order valence-electron chi connectivity index (χ2n) is 7.16. The van der Waals surface area contributed by atoms with Gasteiger partial charge in [0, 0.05) is 33.9 Å². The quantitative estimate of drug-likeness (QED) is 0.627. The van der Waals surface area contributed by atoms with Crippen LogP contribution in [0.5, 0.6) is 0 Å². The normalized spacial score (nSPS) is 16.0. The Morgan fingerprint density at radius 3 is 2.50 bits per heavy atom. The Labute approximate surface area is 163 Å². The summed E-state index contributed by atoms with van der Waals surface area (Å²) < 4.78 is 0. The third-order valence-electron chi connectivity index (χ3n) is 5.29. The van der Waals surface area contributed by atoms with E-state index < -0.39 is 12.0 Å². The molecule has 2 aromatic carbocycles. The molecule has 3 aromatic rings. The van der Waals surface area contributed by atoms with Gasteiger partial charge in [0.25, 0.3) is 5.91 Å². The summed E-state index contributed by atoms with van der Waals surface area (Å²) >= 11 is 0. The average molecular weight is 377 g/mol. The maximum absolute atomic E-state index is 12.4. The number of carboxylic acids is 1. The van der Waals surface area contributed by atoms with Crippen LogP contribution in [0.3, 0.4) is 0 Å². The van der Waals surface area contributed by atoms with E-state index in [0.29, 0.717) is 11.3 Å². The summed E-state index contributed by atoms with van der Waals surface area (Å²) in [5.41, 5.74) is 2.81. The first-order valence-corrected chi connectivity index (χ1v) is 9.58. The number of hydrogen-bond acceptors (Lipinski definition) is 3. The lowest BCUT2D eigenvalue weighted by Crippen LogP contribution is -2.37. The van der Waals surface area contributed by atoms with Crippen LogP contribution in [0.15, 0.2) is 54.7 Å². The second-order valence-corrected chi connectivity index (χ2v) is 7.16. The van der Waals surface area contributed by atoms with Crippen LogP contribution in [0.2, 0.25) is 0 Å². The number of H-pyrrole nitrogens is 1. The molecule has 1 atom stereocenters. The van der Waals surface area contributed by atoms with Crippen molar-refractivity contribution in [2.75, 3.05) is 18.4 Å². The minimum Gasteiger partial charge on any atom is -0.480 e. The van der Waals surface area contributed by atoms with E-state index in [1.165, 1.54) is 0 Å². The van der Waals surface area contributed by atoms with Crippen LogP contribution in [0.4, 0.5) is 5.69 Å². The van der Waals surface area contributed by atoms with Gasteiger partial charge in [0.1, 0.15) is 6.04 Å². The first kappa shape index (κ1) is 18.3. The van der Waals surface area contributed by atoms with Crippen molar-refractivity contribution in [3.8, 4) is 0 Å². The van der Waals surface area contributed by atoms with Gasteiger partial charge in [-0.25, -0.2) is 0 Å². The molecule has 4 rings (SSSR count). The predicted octanol–water partition coefficient (Wildman–Crippen LogP) is 4.03. The number of rotatable bonds is 5. The van der Waals surface area contributed by atoms with E-state index in [4.69, 9.17) is 0 Å². The van der Waals surface area contributed by atoms with Gasteiger partial charge in [0.15, 0.2) is 0 Å². The highest BCUT2D eigenvalue weighted by Gasteiger charge is 2.30. The van der Waals surface area contributed by atoms with Crippen molar-refractivity contribution < 1.29 is 14.7 Å². The summed E-state index contributed by atoms with van der Waals surface area (Å²) in [7, 11) is 0. The minimum absolute atomic E-state index is 0.192. The molecule has 1 aromatic heterocycles. The van der Waals surface area contributed by atoms with Crippen LogP contribution < -0.4 is 5.32 Å². The van der Waals surface area contributed by atoms with Crippen molar-refractivity contribution in [3.63, 3.8) is 0 Å². The number of carboxylic acid groups (broad SMARTS) is 1. The van der Waals surface area contributed by atoms with E-state index in [-0.39, 0.29) is 5.91 Å². The number of carbonyl (C=O) groups excluding carboxylic acids is 1. The van der Waals surface area contributed by atoms with Crippen molar-refractivity contribution in [2.24, 2.45) is 0 Å². The van der Waals surface area contributed by atoms with Crippen molar-refractivity contribution in [3.05, 3.63) is 65.9 Å². The minimum atomic E-state index is -0.846. The molecule has 1 aliphatic rings. The average Bonchev–Trinajstić information content (AvgIpc) is 3.12. The number of hydrogen-bond donors (Lipinski definition) is 3. The molecule has 1 saturated heterocycles. The van der Waals surface area contributed by atoms with Crippen molar-refractivity contribution in [2.45, 2.75) is 25.3 Å². The summed E-state index contributed by atoms with van der Waals surface area (Å²) in [5.74, 6) is -1.04. The molecule has 6 nitrogen and oxygen atoms in total. The molecule has 3 N–H and O–H groups in total. The molecule has 0 spiro atoms. The van der Waals surface area contributed by atoms with Gasteiger partial charge in [-0.05, 0) is 56.3 Å². The zero-order valence-corrected chi connectivity index (χ0v) is 15.5. The van der Waals surface area contributed by atoms with Crippen LogP contribution in [0.1, 0.15) is 41.2 Å². The van der Waals surface area contributed by atoms with E-state index in [0.717, 1.165) is 48.8 Å². The topological polar surface area (TPSA) is 85.4 Å². The van der Waals surface area contributed by atoms with Gasteiger partial charge in [-0.3, -0.25) is 14.5 Å². The molecule has 28 heavy (non-hydrogen) atoms. The molecule has 0 unspecified atom stereocenters. The van der Waals surface area contributed by atoms with Gasteiger partial charge < -0.3 is 15.4 Å². The number of carbonyl (C=O) groups is 2. The van der Waals surface area contributed by atoms with Gasteiger partial charge in [-0.2, -0.15) is 0 Å². The van der Waals surface area contributed by atoms with Gasteiger partial charge in [0.2, 0.25) is 0 Å². The Hall–Kier alpha value is -3.12. The molecular weight excluding hydrogens is 354 g/mol. The number of piperidine rings is 1. The molecule has 1 amide bonds. The molecule has 0 aliphatic carbocycles. The summed E-state index contributed by atoms with van der Waals surface area (Å²) in [4.78, 5) is 29.7.